The van der Waals surface area contributed by atoms with Crippen molar-refractivity contribution in [3.63, 3.8) is 0 Å². The fourth-order valence-corrected chi connectivity index (χ4v) is 5.09. The number of fused-ring (bicyclic) bond motifs is 1. The Hall–Kier alpha value is -2.78. The Morgan fingerprint density at radius 1 is 0.828 bits per heavy atom. The zero-order valence-corrected chi connectivity index (χ0v) is 16.7. The molecular formula is C26H28N2O. The number of phenols is 1. The quantitative estimate of drug-likeness (QED) is 0.689. The van der Waals surface area contributed by atoms with Crippen LogP contribution < -0.4 is 10.2 Å². The van der Waals surface area contributed by atoms with Gasteiger partial charge in [0, 0.05) is 37.8 Å². The normalized spacial score (nSPS) is 21.6. The maximum absolute atomic E-state index is 10.00. The minimum Gasteiger partial charge on any atom is -0.508 e. The summed E-state index contributed by atoms with van der Waals surface area (Å²) in [5, 5.41) is 13.4. The summed E-state index contributed by atoms with van der Waals surface area (Å²) >= 11 is 0. The number of hydrogen-bond acceptors (Lipinski definition) is 3. The van der Waals surface area contributed by atoms with Crippen LogP contribution in [0.25, 0.3) is 0 Å². The average Bonchev–Trinajstić information content (AvgIpc) is 2.79. The summed E-state index contributed by atoms with van der Waals surface area (Å²) in [6.45, 7) is 4.24. The van der Waals surface area contributed by atoms with Crippen LogP contribution in [0.4, 0.5) is 5.69 Å². The highest BCUT2D eigenvalue weighted by Crippen LogP contribution is 2.47. The van der Waals surface area contributed by atoms with E-state index in [9.17, 15) is 5.11 Å². The fraction of sp³-hybridized carbons (Fsp3) is 0.308. The highest BCUT2D eigenvalue weighted by atomic mass is 16.3. The van der Waals surface area contributed by atoms with Crippen LogP contribution in [0.1, 0.15) is 40.5 Å². The van der Waals surface area contributed by atoms with Gasteiger partial charge >= 0.3 is 0 Å². The van der Waals surface area contributed by atoms with Gasteiger partial charge in [-0.25, -0.2) is 0 Å². The standard InChI is InChI=1S/C26H28N2O/c29-23-11-13-25-21(18-23)8-12-24(19-4-2-1-3-5-19)26(25)20-6-9-22(10-7-20)28-16-14-27-15-17-28/h1-7,9-11,13,18,24,26-27,29H,8,12,14-17H2/t24?,26-/m0/s1. The predicted octanol–water partition coefficient (Wildman–Crippen LogP) is 4.66. The predicted molar refractivity (Wildman–Crippen MR) is 119 cm³/mol. The molecule has 3 nitrogen and oxygen atoms in total. The molecule has 3 aromatic carbocycles. The van der Waals surface area contributed by atoms with Crippen LogP contribution in [0.3, 0.4) is 0 Å². The number of benzene rings is 3. The average molecular weight is 385 g/mol. The summed E-state index contributed by atoms with van der Waals surface area (Å²) in [7, 11) is 0. The maximum atomic E-state index is 10.00. The van der Waals surface area contributed by atoms with Crippen LogP contribution in [0, 0.1) is 0 Å². The number of nitrogens with zero attached hydrogens (tertiary/aromatic N) is 1. The molecule has 1 aliphatic carbocycles. The van der Waals surface area contributed by atoms with Gasteiger partial charge in [-0.05, 0) is 65.3 Å². The van der Waals surface area contributed by atoms with Crippen molar-refractivity contribution in [2.45, 2.75) is 24.7 Å². The molecule has 0 amide bonds. The Bertz CT molecular complexity index is 962. The number of nitrogens with one attached hydrogen (secondary N) is 1. The number of rotatable bonds is 3. The molecule has 2 atom stereocenters. The molecule has 1 saturated heterocycles. The topological polar surface area (TPSA) is 35.5 Å². The molecule has 148 valence electrons. The van der Waals surface area contributed by atoms with E-state index in [1.165, 1.54) is 27.9 Å². The number of phenolic OH excluding ortho intramolecular Hbond substituents is 1. The summed E-state index contributed by atoms with van der Waals surface area (Å²) in [4.78, 5) is 2.46. The summed E-state index contributed by atoms with van der Waals surface area (Å²) in [6, 6.07) is 26.1. The second-order valence-electron chi connectivity index (χ2n) is 8.25. The Labute approximate surface area is 173 Å². The molecule has 0 saturated carbocycles. The molecule has 2 N–H and O–H groups in total. The van der Waals surface area contributed by atoms with Crippen molar-refractivity contribution in [1.82, 2.24) is 5.32 Å². The molecule has 29 heavy (non-hydrogen) atoms. The third kappa shape index (κ3) is 3.63. The lowest BCUT2D eigenvalue weighted by Crippen LogP contribution is -2.43. The SMILES string of the molecule is Oc1ccc2c(c1)CCC(c1ccccc1)[C@@H]2c1ccc(N2CCNCC2)cc1. The Morgan fingerprint density at radius 2 is 1.59 bits per heavy atom. The van der Waals surface area contributed by atoms with Gasteiger partial charge in [0.25, 0.3) is 0 Å². The van der Waals surface area contributed by atoms with Gasteiger partial charge in [0.1, 0.15) is 5.75 Å². The van der Waals surface area contributed by atoms with Crippen molar-refractivity contribution in [2.24, 2.45) is 0 Å². The first-order chi connectivity index (χ1) is 14.3. The van der Waals surface area contributed by atoms with Crippen molar-refractivity contribution in [3.05, 3.63) is 95.1 Å². The number of hydrogen-bond donors (Lipinski definition) is 2. The molecule has 1 fully saturated rings. The zero-order chi connectivity index (χ0) is 19.6. The Kier molecular flexibility index (Phi) is 4.99. The summed E-state index contributed by atoms with van der Waals surface area (Å²) in [5.41, 5.74) is 6.73. The number of aromatic hydroxyl groups is 1. The molecule has 3 aromatic rings. The molecule has 1 unspecified atom stereocenters. The second kappa shape index (κ2) is 7.92. The van der Waals surface area contributed by atoms with E-state index in [1.807, 2.05) is 12.1 Å². The van der Waals surface area contributed by atoms with Crippen molar-refractivity contribution < 1.29 is 5.11 Å². The van der Waals surface area contributed by atoms with Crippen LogP contribution in [0.5, 0.6) is 5.75 Å². The lowest BCUT2D eigenvalue weighted by molar-refractivity contribution is 0.469. The van der Waals surface area contributed by atoms with E-state index in [4.69, 9.17) is 0 Å². The van der Waals surface area contributed by atoms with Gasteiger partial charge in [0.2, 0.25) is 0 Å². The molecule has 0 spiro atoms. The zero-order valence-electron chi connectivity index (χ0n) is 16.7. The van der Waals surface area contributed by atoms with Crippen LogP contribution >= 0.6 is 0 Å². The highest BCUT2D eigenvalue weighted by molar-refractivity contribution is 5.52. The van der Waals surface area contributed by atoms with E-state index in [2.05, 4.69) is 70.9 Å². The molecule has 0 aromatic heterocycles. The van der Waals surface area contributed by atoms with Gasteiger partial charge in [-0.15, -0.1) is 0 Å². The molecule has 3 heteroatoms. The van der Waals surface area contributed by atoms with E-state index in [0.717, 1.165) is 39.0 Å². The number of piperazine rings is 1. The minimum atomic E-state index is 0.318. The van der Waals surface area contributed by atoms with E-state index in [0.29, 0.717) is 17.6 Å². The Balaban J connectivity index is 1.53. The molecule has 1 heterocycles. The number of anilines is 1. The fourth-order valence-electron chi connectivity index (χ4n) is 5.09. The monoisotopic (exact) mass is 384 g/mol. The van der Waals surface area contributed by atoms with Gasteiger partial charge in [0.05, 0.1) is 0 Å². The van der Waals surface area contributed by atoms with Crippen molar-refractivity contribution in [3.8, 4) is 5.75 Å². The third-order valence-corrected chi connectivity index (χ3v) is 6.55. The lowest BCUT2D eigenvalue weighted by atomic mass is 9.69. The van der Waals surface area contributed by atoms with E-state index in [1.54, 1.807) is 0 Å². The lowest BCUT2D eigenvalue weighted by Gasteiger charge is -2.35. The van der Waals surface area contributed by atoms with E-state index in [-0.39, 0.29) is 0 Å². The summed E-state index contributed by atoms with van der Waals surface area (Å²) in [6.07, 6.45) is 2.11. The van der Waals surface area contributed by atoms with Crippen molar-refractivity contribution in [1.29, 1.82) is 0 Å². The largest absolute Gasteiger partial charge is 0.508 e. The van der Waals surface area contributed by atoms with E-state index < -0.39 is 0 Å². The second-order valence-corrected chi connectivity index (χ2v) is 8.25. The van der Waals surface area contributed by atoms with Crippen LogP contribution in [-0.2, 0) is 6.42 Å². The van der Waals surface area contributed by atoms with Crippen LogP contribution in [-0.4, -0.2) is 31.3 Å². The first kappa shape index (κ1) is 18.3. The Morgan fingerprint density at radius 3 is 2.34 bits per heavy atom. The molecule has 5 rings (SSSR count). The minimum absolute atomic E-state index is 0.318. The van der Waals surface area contributed by atoms with Crippen molar-refractivity contribution >= 4 is 5.69 Å². The summed E-state index contributed by atoms with van der Waals surface area (Å²) in [5.74, 6) is 1.15. The molecule has 1 aliphatic heterocycles. The van der Waals surface area contributed by atoms with Gasteiger partial charge in [0.15, 0.2) is 0 Å². The number of aryl methyl sites for hydroxylation is 1. The highest BCUT2D eigenvalue weighted by Gasteiger charge is 2.32. The van der Waals surface area contributed by atoms with Crippen LogP contribution in [0.15, 0.2) is 72.8 Å². The van der Waals surface area contributed by atoms with Crippen LogP contribution in [0.2, 0.25) is 0 Å². The molecule has 2 aliphatic rings. The summed E-state index contributed by atoms with van der Waals surface area (Å²) < 4.78 is 0. The smallest absolute Gasteiger partial charge is 0.115 e. The van der Waals surface area contributed by atoms with Gasteiger partial charge in [-0.1, -0.05) is 48.5 Å². The third-order valence-electron chi connectivity index (χ3n) is 6.55. The molecular weight excluding hydrogens is 356 g/mol. The van der Waals surface area contributed by atoms with Gasteiger partial charge in [-0.2, -0.15) is 0 Å². The van der Waals surface area contributed by atoms with Gasteiger partial charge in [-0.3, -0.25) is 0 Å². The molecule has 0 radical (unpaired) electrons. The first-order valence-corrected chi connectivity index (χ1v) is 10.7. The van der Waals surface area contributed by atoms with E-state index >= 15 is 0 Å². The van der Waals surface area contributed by atoms with Crippen molar-refractivity contribution in [2.75, 3.05) is 31.1 Å². The molecule has 0 bridgehead atoms. The van der Waals surface area contributed by atoms with Gasteiger partial charge < -0.3 is 15.3 Å². The first-order valence-electron chi connectivity index (χ1n) is 10.7. The maximum Gasteiger partial charge on any atom is 0.115 e.